The zero-order chi connectivity index (χ0) is 13.5. The Labute approximate surface area is 113 Å². The fourth-order valence-corrected chi connectivity index (χ4v) is 1.83. The number of nitrogens with two attached hydrogens (primary N) is 1. The zero-order valence-electron chi connectivity index (χ0n) is 11.0. The predicted molar refractivity (Wildman–Crippen MR) is 77.0 cm³/mol. The van der Waals surface area contributed by atoms with E-state index in [0.717, 1.165) is 22.1 Å². The molecule has 0 amide bonds. The topological polar surface area (TPSA) is 44.5 Å². The molecule has 0 aliphatic carbocycles. The van der Waals surface area contributed by atoms with E-state index in [4.69, 9.17) is 15.2 Å². The molecule has 0 atom stereocenters. The highest BCUT2D eigenvalue weighted by atomic mass is 16.7. The van der Waals surface area contributed by atoms with Gasteiger partial charge in [-0.3, -0.25) is 0 Å². The minimum atomic E-state index is 0.228. The molecule has 0 aromatic heterocycles. The number of benzene rings is 2. The Morgan fingerprint density at radius 1 is 1.16 bits per heavy atom. The lowest BCUT2D eigenvalue weighted by molar-refractivity contribution is 0.0223. The number of hydrogen-bond donors (Lipinski definition) is 1. The predicted octanol–water partition coefficient (Wildman–Crippen LogP) is 2.52. The highest BCUT2D eigenvalue weighted by molar-refractivity contribution is 5.90. The van der Waals surface area contributed by atoms with E-state index in [2.05, 4.69) is 17.9 Å². The van der Waals surface area contributed by atoms with Gasteiger partial charge in [0.05, 0.1) is 12.1 Å². The molecule has 0 spiro atoms. The summed E-state index contributed by atoms with van der Waals surface area (Å²) in [5.41, 5.74) is 6.32. The first-order valence-corrected chi connectivity index (χ1v) is 6.28. The average molecular weight is 255 g/mol. The van der Waals surface area contributed by atoms with Crippen LogP contribution in [-0.4, -0.2) is 19.9 Å². The molecule has 0 radical (unpaired) electrons. The summed E-state index contributed by atoms with van der Waals surface area (Å²) in [5, 5.41) is 2.20. The van der Waals surface area contributed by atoms with E-state index in [9.17, 15) is 0 Å². The summed E-state index contributed by atoms with van der Waals surface area (Å²) in [6, 6.07) is 12.0. The number of rotatable bonds is 4. The zero-order valence-corrected chi connectivity index (χ0v) is 11.0. The highest BCUT2D eigenvalue weighted by Gasteiger charge is 2.06. The van der Waals surface area contributed by atoms with Crippen molar-refractivity contribution in [1.29, 1.82) is 0 Å². The Morgan fingerprint density at radius 3 is 2.79 bits per heavy atom. The van der Waals surface area contributed by atoms with Crippen LogP contribution in [-0.2, 0) is 4.74 Å². The molecule has 2 N–H and O–H groups in total. The van der Waals surface area contributed by atoms with Gasteiger partial charge in [0, 0.05) is 12.0 Å². The normalized spacial score (nSPS) is 10.0. The van der Waals surface area contributed by atoms with E-state index >= 15 is 0 Å². The van der Waals surface area contributed by atoms with E-state index in [1.807, 2.05) is 37.3 Å². The standard InChI is InChI=1S/C16H17NO2/c1-2-18-12-19-16-10-9-13-6-3-4-7-14(13)15(16)8-5-11-17/h3-4,6-7,9-10H,2,11-12,17H2,1H3. The number of hydrogen-bond acceptors (Lipinski definition) is 3. The summed E-state index contributed by atoms with van der Waals surface area (Å²) in [4.78, 5) is 0. The molecule has 0 bridgehead atoms. The Kier molecular flexibility index (Phi) is 4.79. The first-order chi connectivity index (χ1) is 9.36. The largest absolute Gasteiger partial charge is 0.466 e. The number of ether oxygens (including phenoxy) is 2. The molecule has 2 aromatic carbocycles. The molecule has 0 unspecified atom stereocenters. The maximum Gasteiger partial charge on any atom is 0.189 e. The second-order valence-corrected chi connectivity index (χ2v) is 3.92. The van der Waals surface area contributed by atoms with Crippen LogP contribution in [0.1, 0.15) is 12.5 Å². The fourth-order valence-electron chi connectivity index (χ4n) is 1.83. The summed E-state index contributed by atoms with van der Waals surface area (Å²) >= 11 is 0. The van der Waals surface area contributed by atoms with Gasteiger partial charge in [-0.25, -0.2) is 0 Å². The maximum absolute atomic E-state index is 5.62. The van der Waals surface area contributed by atoms with Crippen LogP contribution in [0.25, 0.3) is 10.8 Å². The van der Waals surface area contributed by atoms with Crippen molar-refractivity contribution in [2.45, 2.75) is 6.92 Å². The van der Waals surface area contributed by atoms with Crippen molar-refractivity contribution in [2.75, 3.05) is 19.9 Å². The summed E-state index contributed by atoms with van der Waals surface area (Å²) in [6.07, 6.45) is 0. The van der Waals surface area contributed by atoms with Gasteiger partial charge in [0.2, 0.25) is 0 Å². The third kappa shape index (κ3) is 3.25. The molecule has 3 heteroatoms. The maximum atomic E-state index is 5.62. The summed E-state index contributed by atoms with van der Waals surface area (Å²) in [6.45, 7) is 3.11. The van der Waals surface area contributed by atoms with Gasteiger partial charge in [-0.15, -0.1) is 0 Å². The number of fused-ring (bicyclic) bond motifs is 1. The molecule has 98 valence electrons. The Morgan fingerprint density at radius 2 is 2.00 bits per heavy atom. The van der Waals surface area contributed by atoms with Gasteiger partial charge in [-0.05, 0) is 18.4 Å². The van der Waals surface area contributed by atoms with Crippen molar-refractivity contribution < 1.29 is 9.47 Å². The smallest absolute Gasteiger partial charge is 0.189 e. The van der Waals surface area contributed by atoms with Crippen molar-refractivity contribution >= 4 is 10.8 Å². The lowest BCUT2D eigenvalue weighted by Crippen LogP contribution is -2.03. The first kappa shape index (κ1) is 13.4. The Bertz CT molecular complexity index is 611. The second-order valence-electron chi connectivity index (χ2n) is 3.92. The van der Waals surface area contributed by atoms with Gasteiger partial charge in [-0.2, -0.15) is 0 Å². The lowest BCUT2D eigenvalue weighted by atomic mass is 10.0. The highest BCUT2D eigenvalue weighted by Crippen LogP contribution is 2.27. The van der Waals surface area contributed by atoms with Crippen molar-refractivity contribution in [3.8, 4) is 17.6 Å². The SMILES string of the molecule is CCOCOc1ccc2ccccc2c1C#CCN. The van der Waals surface area contributed by atoms with Gasteiger partial charge in [-0.1, -0.05) is 42.2 Å². The quantitative estimate of drug-likeness (QED) is 0.518. The lowest BCUT2D eigenvalue weighted by Gasteiger charge is -2.10. The third-order valence-electron chi connectivity index (χ3n) is 2.71. The van der Waals surface area contributed by atoms with Gasteiger partial charge in [0.25, 0.3) is 0 Å². The van der Waals surface area contributed by atoms with Gasteiger partial charge < -0.3 is 15.2 Å². The molecule has 3 nitrogen and oxygen atoms in total. The van der Waals surface area contributed by atoms with Crippen LogP contribution in [0.15, 0.2) is 36.4 Å². The van der Waals surface area contributed by atoms with E-state index < -0.39 is 0 Å². The monoisotopic (exact) mass is 255 g/mol. The summed E-state index contributed by atoms with van der Waals surface area (Å²) in [5.74, 6) is 6.70. The van der Waals surface area contributed by atoms with Crippen LogP contribution >= 0.6 is 0 Å². The fraction of sp³-hybridized carbons (Fsp3) is 0.250. The van der Waals surface area contributed by atoms with Gasteiger partial charge in [0.1, 0.15) is 5.75 Å². The second kappa shape index (κ2) is 6.79. The van der Waals surface area contributed by atoms with Crippen molar-refractivity contribution in [3.05, 3.63) is 42.0 Å². The van der Waals surface area contributed by atoms with Crippen LogP contribution < -0.4 is 10.5 Å². The minimum Gasteiger partial charge on any atom is -0.466 e. The van der Waals surface area contributed by atoms with Crippen molar-refractivity contribution in [2.24, 2.45) is 5.73 Å². The molecule has 2 rings (SSSR count). The average Bonchev–Trinajstić information content (AvgIpc) is 2.46. The third-order valence-corrected chi connectivity index (χ3v) is 2.71. The van der Waals surface area contributed by atoms with E-state index in [-0.39, 0.29) is 6.79 Å². The van der Waals surface area contributed by atoms with Crippen LogP contribution in [0.5, 0.6) is 5.75 Å². The van der Waals surface area contributed by atoms with Crippen LogP contribution in [0.4, 0.5) is 0 Å². The molecule has 0 saturated carbocycles. The molecule has 0 aliphatic rings. The van der Waals surface area contributed by atoms with E-state index in [1.54, 1.807) is 0 Å². The van der Waals surface area contributed by atoms with Crippen LogP contribution in [0.3, 0.4) is 0 Å². The molecule has 2 aromatic rings. The molecule has 0 saturated heterocycles. The van der Waals surface area contributed by atoms with Gasteiger partial charge in [0.15, 0.2) is 6.79 Å². The van der Waals surface area contributed by atoms with E-state index in [1.165, 1.54) is 0 Å². The Hall–Kier alpha value is -2.02. The van der Waals surface area contributed by atoms with E-state index in [0.29, 0.717) is 13.2 Å². The van der Waals surface area contributed by atoms with Crippen molar-refractivity contribution in [1.82, 2.24) is 0 Å². The van der Waals surface area contributed by atoms with Crippen LogP contribution in [0, 0.1) is 11.8 Å². The minimum absolute atomic E-state index is 0.228. The summed E-state index contributed by atoms with van der Waals surface area (Å²) in [7, 11) is 0. The van der Waals surface area contributed by atoms with Crippen molar-refractivity contribution in [3.63, 3.8) is 0 Å². The Balaban J connectivity index is 2.44. The van der Waals surface area contributed by atoms with Gasteiger partial charge >= 0.3 is 0 Å². The molecule has 19 heavy (non-hydrogen) atoms. The molecule has 0 heterocycles. The molecule has 0 fully saturated rings. The molecule has 0 aliphatic heterocycles. The molecular formula is C16H17NO2. The first-order valence-electron chi connectivity index (χ1n) is 6.28. The van der Waals surface area contributed by atoms with Crippen LogP contribution in [0.2, 0.25) is 0 Å². The molecular weight excluding hydrogens is 238 g/mol. The summed E-state index contributed by atoms with van der Waals surface area (Å²) < 4.78 is 10.8.